The van der Waals surface area contributed by atoms with Crippen molar-refractivity contribution in [3.05, 3.63) is 65.2 Å². The standard InChI is InChI=1S/C24H27NO7/c1-5-32-18-12-6-15(7-13-18)21-20(22(26)16-8-10-17(29-2)11-9-16)23(27)24(28)25(21)14-19(30-3)31-4/h6-13,19,21,26H,5,14H2,1-4H3/b22-20-. The van der Waals surface area contributed by atoms with Crippen LogP contribution in [0.15, 0.2) is 54.1 Å². The predicted octanol–water partition coefficient (Wildman–Crippen LogP) is 3.13. The third-order valence-electron chi connectivity index (χ3n) is 5.28. The Morgan fingerprint density at radius 1 is 0.969 bits per heavy atom. The lowest BCUT2D eigenvalue weighted by Gasteiger charge is -2.28. The number of ketones is 1. The van der Waals surface area contributed by atoms with E-state index >= 15 is 0 Å². The Hall–Kier alpha value is -3.36. The average Bonchev–Trinajstić information content (AvgIpc) is 3.07. The summed E-state index contributed by atoms with van der Waals surface area (Å²) in [6, 6.07) is 12.8. The molecule has 2 aromatic rings. The number of carbonyl (C=O) groups is 2. The van der Waals surface area contributed by atoms with Gasteiger partial charge in [0.1, 0.15) is 17.3 Å². The fourth-order valence-corrected chi connectivity index (χ4v) is 3.64. The van der Waals surface area contributed by atoms with E-state index < -0.39 is 24.0 Å². The van der Waals surface area contributed by atoms with Crippen molar-refractivity contribution in [1.29, 1.82) is 0 Å². The van der Waals surface area contributed by atoms with E-state index in [1.165, 1.54) is 26.2 Å². The maximum atomic E-state index is 13.0. The van der Waals surface area contributed by atoms with Gasteiger partial charge in [0.05, 0.1) is 31.9 Å². The van der Waals surface area contributed by atoms with Gasteiger partial charge in [0.2, 0.25) is 0 Å². The van der Waals surface area contributed by atoms with Gasteiger partial charge in [-0.05, 0) is 48.9 Å². The summed E-state index contributed by atoms with van der Waals surface area (Å²) in [4.78, 5) is 27.3. The van der Waals surface area contributed by atoms with Gasteiger partial charge in [-0.25, -0.2) is 0 Å². The van der Waals surface area contributed by atoms with Gasteiger partial charge in [0, 0.05) is 19.8 Å². The van der Waals surface area contributed by atoms with Crippen molar-refractivity contribution in [3.63, 3.8) is 0 Å². The maximum absolute atomic E-state index is 13.0. The Labute approximate surface area is 187 Å². The number of likely N-dealkylation sites (tertiary alicyclic amines) is 1. The topological polar surface area (TPSA) is 94.5 Å². The molecule has 0 saturated carbocycles. The average molecular weight is 441 g/mol. The highest BCUT2D eigenvalue weighted by Crippen LogP contribution is 2.40. The number of aliphatic hydroxyl groups is 1. The minimum Gasteiger partial charge on any atom is -0.507 e. The Balaban J connectivity index is 2.11. The molecule has 32 heavy (non-hydrogen) atoms. The van der Waals surface area contributed by atoms with Crippen LogP contribution in [-0.2, 0) is 19.1 Å². The molecule has 0 aromatic heterocycles. The first kappa shape index (κ1) is 23.3. The number of carbonyl (C=O) groups excluding carboxylic acids is 2. The van der Waals surface area contributed by atoms with Crippen LogP contribution >= 0.6 is 0 Å². The van der Waals surface area contributed by atoms with Crippen LogP contribution in [0.1, 0.15) is 24.1 Å². The van der Waals surface area contributed by atoms with Gasteiger partial charge in [0.15, 0.2) is 6.29 Å². The first-order chi connectivity index (χ1) is 15.4. The highest BCUT2D eigenvalue weighted by Gasteiger charge is 2.46. The van der Waals surface area contributed by atoms with Crippen LogP contribution in [-0.4, -0.2) is 62.5 Å². The Morgan fingerprint density at radius 3 is 2.09 bits per heavy atom. The fraction of sp³-hybridized carbons (Fsp3) is 0.333. The minimum absolute atomic E-state index is 0.00437. The Kier molecular flexibility index (Phi) is 7.50. The summed E-state index contributed by atoms with van der Waals surface area (Å²) in [5, 5.41) is 11.1. The highest BCUT2D eigenvalue weighted by molar-refractivity contribution is 6.46. The van der Waals surface area contributed by atoms with Crippen LogP contribution in [0.5, 0.6) is 11.5 Å². The lowest BCUT2D eigenvalue weighted by Crippen LogP contribution is -2.38. The number of nitrogens with zero attached hydrogens (tertiary/aromatic N) is 1. The third-order valence-corrected chi connectivity index (χ3v) is 5.28. The molecular formula is C24H27NO7. The smallest absolute Gasteiger partial charge is 0.295 e. The molecule has 0 radical (unpaired) electrons. The number of Topliss-reactive ketones (excluding diaryl/α,β-unsaturated/α-hetero) is 1. The van der Waals surface area contributed by atoms with Crippen LogP contribution < -0.4 is 9.47 Å². The van der Waals surface area contributed by atoms with E-state index in [2.05, 4.69) is 0 Å². The summed E-state index contributed by atoms with van der Waals surface area (Å²) in [7, 11) is 4.44. The fourth-order valence-electron chi connectivity index (χ4n) is 3.64. The quantitative estimate of drug-likeness (QED) is 0.276. The largest absolute Gasteiger partial charge is 0.507 e. The molecule has 1 amide bonds. The molecule has 1 aliphatic heterocycles. The SMILES string of the molecule is CCOc1ccc(C2/C(=C(/O)c3ccc(OC)cc3)C(=O)C(=O)N2CC(OC)OC)cc1. The number of ether oxygens (including phenoxy) is 4. The molecule has 1 fully saturated rings. The molecule has 2 aromatic carbocycles. The second-order valence-electron chi connectivity index (χ2n) is 7.08. The van der Waals surface area contributed by atoms with Crippen molar-refractivity contribution >= 4 is 17.4 Å². The maximum Gasteiger partial charge on any atom is 0.295 e. The molecule has 0 aliphatic carbocycles. The summed E-state index contributed by atoms with van der Waals surface area (Å²) in [5.74, 6) is -0.511. The number of amides is 1. The Bertz CT molecular complexity index is 978. The number of hydrogen-bond donors (Lipinski definition) is 1. The number of methoxy groups -OCH3 is 3. The first-order valence-corrected chi connectivity index (χ1v) is 10.2. The summed E-state index contributed by atoms with van der Waals surface area (Å²) >= 11 is 0. The molecule has 8 heteroatoms. The summed E-state index contributed by atoms with van der Waals surface area (Å²) in [6.07, 6.45) is -0.737. The number of benzene rings is 2. The zero-order valence-corrected chi connectivity index (χ0v) is 18.5. The minimum atomic E-state index is -0.819. The molecule has 1 saturated heterocycles. The normalized spacial score (nSPS) is 17.8. The van der Waals surface area contributed by atoms with Gasteiger partial charge in [-0.1, -0.05) is 12.1 Å². The van der Waals surface area contributed by atoms with E-state index in [4.69, 9.17) is 18.9 Å². The van der Waals surface area contributed by atoms with E-state index in [9.17, 15) is 14.7 Å². The molecule has 0 spiro atoms. The van der Waals surface area contributed by atoms with Crippen molar-refractivity contribution in [2.45, 2.75) is 19.3 Å². The van der Waals surface area contributed by atoms with Crippen LogP contribution in [0.4, 0.5) is 0 Å². The Morgan fingerprint density at radius 2 is 1.56 bits per heavy atom. The predicted molar refractivity (Wildman–Crippen MR) is 117 cm³/mol. The van der Waals surface area contributed by atoms with E-state index in [0.29, 0.717) is 29.2 Å². The summed E-state index contributed by atoms with van der Waals surface area (Å²) in [5.41, 5.74) is 1.04. The molecule has 3 rings (SSSR count). The molecule has 1 unspecified atom stereocenters. The van der Waals surface area contributed by atoms with Crippen molar-refractivity contribution in [3.8, 4) is 11.5 Å². The third kappa shape index (κ3) is 4.61. The molecule has 1 N–H and O–H groups in total. The van der Waals surface area contributed by atoms with Crippen molar-refractivity contribution in [1.82, 2.24) is 4.90 Å². The van der Waals surface area contributed by atoms with Crippen LogP contribution in [0.3, 0.4) is 0 Å². The lowest BCUT2D eigenvalue weighted by atomic mass is 9.95. The second kappa shape index (κ2) is 10.3. The van der Waals surface area contributed by atoms with E-state index in [0.717, 1.165) is 0 Å². The van der Waals surface area contributed by atoms with Gasteiger partial charge in [0.25, 0.3) is 11.7 Å². The van der Waals surface area contributed by atoms with Crippen molar-refractivity contribution < 1.29 is 33.6 Å². The molecular weight excluding hydrogens is 414 g/mol. The molecule has 8 nitrogen and oxygen atoms in total. The van der Waals surface area contributed by atoms with Crippen LogP contribution in [0.25, 0.3) is 5.76 Å². The summed E-state index contributed by atoms with van der Waals surface area (Å²) in [6.45, 7) is 2.40. The number of hydrogen-bond acceptors (Lipinski definition) is 7. The summed E-state index contributed by atoms with van der Waals surface area (Å²) < 4.78 is 21.1. The zero-order valence-electron chi connectivity index (χ0n) is 18.5. The molecule has 170 valence electrons. The van der Waals surface area contributed by atoms with Gasteiger partial charge < -0.3 is 29.0 Å². The molecule has 0 bridgehead atoms. The van der Waals surface area contributed by atoms with E-state index in [1.54, 1.807) is 48.5 Å². The number of aliphatic hydroxyl groups excluding tert-OH is 1. The van der Waals surface area contributed by atoms with Crippen molar-refractivity contribution in [2.75, 3.05) is 34.5 Å². The van der Waals surface area contributed by atoms with E-state index in [1.807, 2.05) is 6.92 Å². The monoisotopic (exact) mass is 441 g/mol. The van der Waals surface area contributed by atoms with Gasteiger partial charge in [-0.3, -0.25) is 9.59 Å². The first-order valence-electron chi connectivity index (χ1n) is 10.2. The highest BCUT2D eigenvalue weighted by atomic mass is 16.7. The van der Waals surface area contributed by atoms with Crippen molar-refractivity contribution in [2.24, 2.45) is 0 Å². The number of rotatable bonds is 9. The molecule has 1 atom stereocenters. The van der Waals surface area contributed by atoms with Crippen LogP contribution in [0.2, 0.25) is 0 Å². The van der Waals surface area contributed by atoms with Crippen LogP contribution in [0, 0.1) is 0 Å². The molecule has 1 heterocycles. The zero-order chi connectivity index (χ0) is 23.3. The lowest BCUT2D eigenvalue weighted by molar-refractivity contribution is -0.149. The van der Waals surface area contributed by atoms with Gasteiger partial charge in [-0.15, -0.1) is 0 Å². The van der Waals surface area contributed by atoms with E-state index in [-0.39, 0.29) is 17.9 Å². The van der Waals surface area contributed by atoms with Gasteiger partial charge >= 0.3 is 0 Å². The molecule has 1 aliphatic rings. The second-order valence-corrected chi connectivity index (χ2v) is 7.08. The van der Waals surface area contributed by atoms with Gasteiger partial charge in [-0.2, -0.15) is 0 Å².